The molecule has 0 aliphatic rings. The third-order valence-corrected chi connectivity index (χ3v) is 8.44. The van der Waals surface area contributed by atoms with Gasteiger partial charge in [-0.2, -0.15) is 0 Å². The largest absolute Gasteiger partial charge is 0.489 e. The summed E-state index contributed by atoms with van der Waals surface area (Å²) in [6.45, 7) is 9.44. The summed E-state index contributed by atoms with van der Waals surface area (Å²) in [6, 6.07) is 18.5. The third-order valence-electron chi connectivity index (χ3n) is 6.83. The first kappa shape index (κ1) is 32.4. The van der Waals surface area contributed by atoms with Gasteiger partial charge in [-0.15, -0.1) is 0 Å². The molecule has 0 aliphatic heterocycles. The second-order valence-corrected chi connectivity index (χ2v) is 13.4. The number of hydrogen-bond donors (Lipinski definition) is 1. The number of carbonyl (C=O) groups excluding carboxylic acids is 1. The van der Waals surface area contributed by atoms with Crippen LogP contribution >= 0.6 is 0 Å². The van der Waals surface area contributed by atoms with Crippen molar-refractivity contribution in [1.29, 1.82) is 0 Å². The molecule has 230 valence electrons. The minimum absolute atomic E-state index is 0.117. The number of hydrogen-bond acceptors (Lipinski definition) is 6. The van der Waals surface area contributed by atoms with Crippen LogP contribution in [0.5, 0.6) is 5.75 Å². The van der Waals surface area contributed by atoms with E-state index in [0.717, 1.165) is 33.2 Å². The average molecular weight is 610 g/mol. The van der Waals surface area contributed by atoms with Crippen LogP contribution in [0.1, 0.15) is 61.8 Å². The van der Waals surface area contributed by atoms with Crippen LogP contribution in [0.25, 0.3) is 22.1 Å². The predicted molar refractivity (Wildman–Crippen MR) is 168 cm³/mol. The molecule has 1 heterocycles. The summed E-state index contributed by atoms with van der Waals surface area (Å²) in [6.07, 6.45) is 0.117. The first-order chi connectivity index (χ1) is 20.5. The smallest absolute Gasteiger partial charge is 0.310 e. The van der Waals surface area contributed by atoms with Gasteiger partial charge in [-0.05, 0) is 87.2 Å². The maximum Gasteiger partial charge on any atom is 0.310 e. The molecule has 9 heteroatoms. The zero-order chi connectivity index (χ0) is 31.1. The number of rotatable bonds is 13. The van der Waals surface area contributed by atoms with Crippen LogP contribution in [-0.4, -0.2) is 35.3 Å². The van der Waals surface area contributed by atoms with Crippen LogP contribution in [0, 0.1) is 6.92 Å². The molecule has 1 N–H and O–H groups in total. The quantitative estimate of drug-likeness (QED) is 0.160. The highest BCUT2D eigenvalue weighted by Crippen LogP contribution is 2.35. The highest BCUT2D eigenvalue weighted by molar-refractivity contribution is 7.84. The molecule has 43 heavy (non-hydrogen) atoms. The van der Waals surface area contributed by atoms with Gasteiger partial charge in [-0.3, -0.25) is 4.79 Å². The normalized spacial score (nSPS) is 13.2. The Labute approximate surface area is 255 Å². The summed E-state index contributed by atoms with van der Waals surface area (Å²) in [7, 11) is 0.168. The second-order valence-electron chi connectivity index (χ2n) is 11.4. The molecule has 0 saturated carbocycles. The second kappa shape index (κ2) is 14.3. The first-order valence-corrected chi connectivity index (χ1v) is 15.4. The Balaban J connectivity index is 1.70. The molecule has 1 aromatic heterocycles. The van der Waals surface area contributed by atoms with E-state index in [1.165, 1.54) is 0 Å². The lowest BCUT2D eigenvalue weighted by Crippen LogP contribution is -2.36. The van der Waals surface area contributed by atoms with Crippen molar-refractivity contribution in [3.05, 3.63) is 88.7 Å². The van der Waals surface area contributed by atoms with Crippen molar-refractivity contribution in [2.24, 2.45) is 0 Å². The summed E-state index contributed by atoms with van der Waals surface area (Å²) in [5.41, 5.74) is 5.64. The molecule has 0 saturated heterocycles. The molecule has 7 nitrogen and oxygen atoms in total. The van der Waals surface area contributed by atoms with Crippen molar-refractivity contribution >= 4 is 27.9 Å². The zero-order valence-corrected chi connectivity index (χ0v) is 26.4. The molecule has 2 atom stereocenters. The van der Waals surface area contributed by atoms with E-state index in [4.69, 9.17) is 18.6 Å². The van der Waals surface area contributed by atoms with Crippen molar-refractivity contribution < 1.29 is 32.0 Å². The zero-order valence-electron chi connectivity index (χ0n) is 25.6. The lowest BCUT2D eigenvalue weighted by molar-refractivity contribution is -0.142. The topological polar surface area (TPSA) is 87.0 Å². The predicted octanol–water partition coefficient (Wildman–Crippen LogP) is 7.30. The minimum Gasteiger partial charge on any atom is -0.489 e. The van der Waals surface area contributed by atoms with E-state index in [1.807, 2.05) is 88.4 Å². The number of aryl methyl sites for hydroxylation is 1. The molecule has 0 fully saturated rings. The van der Waals surface area contributed by atoms with Crippen molar-refractivity contribution in [3.8, 4) is 16.9 Å². The highest BCUT2D eigenvalue weighted by atomic mass is 32.2. The monoisotopic (exact) mass is 609 g/mol. The molecule has 0 radical (unpaired) electrons. The maximum atomic E-state index is 14.2. The van der Waals surface area contributed by atoms with E-state index >= 15 is 0 Å². The van der Waals surface area contributed by atoms with Crippen LogP contribution in [0.2, 0.25) is 0 Å². The van der Waals surface area contributed by atoms with Crippen LogP contribution in [0.15, 0.2) is 65.1 Å². The SMILES string of the molecule is CCOC(=O)Cc1ccc(C)cc1OCc1cc(-c2cccc(C(CF)NS(=O)C(C)(C)C)c2)c2oc(COC)cc2c1. The van der Waals surface area contributed by atoms with Gasteiger partial charge in [0.2, 0.25) is 0 Å². The number of carbonyl (C=O) groups is 1. The summed E-state index contributed by atoms with van der Waals surface area (Å²) in [5.74, 6) is 0.983. The van der Waals surface area contributed by atoms with E-state index in [2.05, 4.69) is 4.72 Å². The van der Waals surface area contributed by atoms with Crippen LogP contribution in [0.4, 0.5) is 4.39 Å². The van der Waals surface area contributed by atoms with Crippen molar-refractivity contribution in [2.75, 3.05) is 20.4 Å². The minimum atomic E-state index is -1.44. The van der Waals surface area contributed by atoms with Gasteiger partial charge in [0.15, 0.2) is 0 Å². The molecule has 4 rings (SSSR count). The van der Waals surface area contributed by atoms with Crippen molar-refractivity contribution in [2.45, 2.75) is 65.0 Å². The van der Waals surface area contributed by atoms with Crippen LogP contribution in [0.3, 0.4) is 0 Å². The van der Waals surface area contributed by atoms with Crippen LogP contribution in [-0.2, 0) is 44.9 Å². The van der Waals surface area contributed by atoms with Gasteiger partial charge in [-0.25, -0.2) is 13.3 Å². The standard InChI is InChI=1S/C34H40FNO6S/c1-7-40-32(37)18-26-12-11-22(2)13-31(26)41-20-23-14-27-17-28(21-39-6)42-33(27)29(15-23)24-9-8-10-25(16-24)30(19-35)36-43(38)34(3,4)5/h8-17,30,36H,7,18-21H2,1-6H3. The molecule has 3 aromatic carbocycles. The van der Waals surface area contributed by atoms with E-state index < -0.39 is 28.4 Å². The number of esters is 1. The van der Waals surface area contributed by atoms with Gasteiger partial charge in [0, 0.05) is 23.6 Å². The van der Waals surface area contributed by atoms with E-state index in [9.17, 15) is 13.4 Å². The number of ether oxygens (including phenoxy) is 3. The summed E-state index contributed by atoms with van der Waals surface area (Å²) in [4.78, 5) is 12.2. The molecular formula is C34H40FNO6S. The summed E-state index contributed by atoms with van der Waals surface area (Å²) in [5, 5.41) is 0.874. The number of alkyl halides is 1. The fourth-order valence-electron chi connectivity index (χ4n) is 4.67. The molecule has 4 aromatic rings. The Morgan fingerprint density at radius 2 is 1.86 bits per heavy atom. The van der Waals surface area contributed by atoms with Crippen LogP contribution < -0.4 is 9.46 Å². The van der Waals surface area contributed by atoms with E-state index in [1.54, 1.807) is 14.0 Å². The lowest BCUT2D eigenvalue weighted by Gasteiger charge is -2.23. The third kappa shape index (κ3) is 8.31. The highest BCUT2D eigenvalue weighted by Gasteiger charge is 2.24. The van der Waals surface area contributed by atoms with Gasteiger partial charge in [-0.1, -0.05) is 30.3 Å². The molecule has 2 unspecified atom stereocenters. The first-order valence-electron chi connectivity index (χ1n) is 14.3. The Kier molecular flexibility index (Phi) is 10.8. The van der Waals surface area contributed by atoms with Gasteiger partial charge >= 0.3 is 5.97 Å². The summed E-state index contributed by atoms with van der Waals surface area (Å²) < 4.78 is 52.3. The number of nitrogens with one attached hydrogen (secondary N) is 1. The number of fused-ring (bicyclic) bond motifs is 1. The maximum absolute atomic E-state index is 14.2. The lowest BCUT2D eigenvalue weighted by atomic mass is 9.97. The molecule has 0 bridgehead atoms. The Morgan fingerprint density at radius 3 is 2.56 bits per heavy atom. The number of benzene rings is 3. The molecule has 0 spiro atoms. The van der Waals surface area contributed by atoms with Crippen molar-refractivity contribution in [1.82, 2.24) is 4.72 Å². The number of halogens is 1. The van der Waals surface area contributed by atoms with Crippen molar-refractivity contribution in [3.63, 3.8) is 0 Å². The molecular weight excluding hydrogens is 569 g/mol. The average Bonchev–Trinajstić information content (AvgIpc) is 3.37. The Bertz CT molecular complexity index is 1590. The number of furan rings is 1. The van der Waals surface area contributed by atoms with Gasteiger partial charge in [0.25, 0.3) is 0 Å². The summed E-state index contributed by atoms with van der Waals surface area (Å²) >= 11 is 0. The van der Waals surface area contributed by atoms with Gasteiger partial charge in [0.1, 0.15) is 37.0 Å². The van der Waals surface area contributed by atoms with Gasteiger partial charge < -0.3 is 18.6 Å². The molecule has 0 amide bonds. The fraction of sp³-hybridized carbons (Fsp3) is 0.382. The fourth-order valence-corrected chi connectivity index (χ4v) is 5.48. The Hall–Kier alpha value is -3.53. The van der Waals surface area contributed by atoms with E-state index in [0.29, 0.717) is 35.9 Å². The number of methoxy groups -OCH3 is 1. The van der Waals surface area contributed by atoms with Gasteiger partial charge in [0.05, 0.1) is 34.8 Å². The Morgan fingerprint density at radius 1 is 1.07 bits per heavy atom. The van der Waals surface area contributed by atoms with E-state index in [-0.39, 0.29) is 19.0 Å². The molecule has 0 aliphatic carbocycles.